The first kappa shape index (κ1) is 12.3. The Morgan fingerprint density at radius 2 is 2.24 bits per heavy atom. The van der Waals surface area contributed by atoms with Gasteiger partial charge < -0.3 is 5.32 Å². The Labute approximate surface area is 106 Å². The molecule has 1 N–H and O–H groups in total. The Morgan fingerprint density at radius 3 is 2.88 bits per heavy atom. The Bertz CT molecular complexity index is 473. The molecule has 0 spiro atoms. The molecular formula is C12H18N4S. The molecule has 4 nitrogen and oxygen atoms in total. The molecule has 0 atom stereocenters. The van der Waals surface area contributed by atoms with Crippen LogP contribution in [0.3, 0.4) is 0 Å². The molecule has 2 heterocycles. The molecule has 0 fully saturated rings. The van der Waals surface area contributed by atoms with Crippen molar-refractivity contribution in [3.8, 4) is 0 Å². The van der Waals surface area contributed by atoms with E-state index in [1.165, 1.54) is 11.3 Å². The first-order valence-corrected chi connectivity index (χ1v) is 6.77. The summed E-state index contributed by atoms with van der Waals surface area (Å²) in [5, 5.41) is 10.0. The molecule has 0 aliphatic carbocycles. The van der Waals surface area contributed by atoms with Crippen LogP contribution in [0.5, 0.6) is 0 Å². The topological polar surface area (TPSA) is 42.7 Å². The Kier molecular flexibility index (Phi) is 3.91. The van der Waals surface area contributed by atoms with Crippen LogP contribution in [0.4, 0.5) is 0 Å². The van der Waals surface area contributed by atoms with E-state index in [4.69, 9.17) is 0 Å². The Hall–Kier alpha value is -1.20. The van der Waals surface area contributed by atoms with Crippen LogP contribution in [0.2, 0.25) is 0 Å². The second-order valence-electron chi connectivity index (χ2n) is 4.07. The summed E-state index contributed by atoms with van der Waals surface area (Å²) in [6.07, 6.45) is 0. The van der Waals surface area contributed by atoms with E-state index < -0.39 is 0 Å². The van der Waals surface area contributed by atoms with Gasteiger partial charge >= 0.3 is 0 Å². The molecule has 0 aliphatic rings. The summed E-state index contributed by atoms with van der Waals surface area (Å²) in [7, 11) is 0. The monoisotopic (exact) mass is 250 g/mol. The molecule has 5 heteroatoms. The highest BCUT2D eigenvalue weighted by atomic mass is 32.1. The largest absolute Gasteiger partial charge is 0.313 e. The molecular weight excluding hydrogens is 232 g/mol. The molecule has 0 amide bonds. The molecule has 0 radical (unpaired) electrons. The number of aryl methyl sites for hydroxylation is 1. The average Bonchev–Trinajstić information content (AvgIpc) is 2.89. The van der Waals surface area contributed by atoms with Gasteiger partial charge in [-0.15, -0.1) is 11.3 Å². The maximum absolute atomic E-state index is 4.58. The third kappa shape index (κ3) is 2.73. The second-order valence-corrected chi connectivity index (χ2v) is 4.79. The average molecular weight is 250 g/mol. The van der Waals surface area contributed by atoms with Gasteiger partial charge in [0.05, 0.1) is 23.4 Å². The van der Waals surface area contributed by atoms with Crippen LogP contribution in [0.25, 0.3) is 0 Å². The SMILES string of the molecule is CCNCc1c(C)nn(Cc2cscn2)c1C. The van der Waals surface area contributed by atoms with Crippen molar-refractivity contribution in [2.75, 3.05) is 6.54 Å². The van der Waals surface area contributed by atoms with E-state index in [0.717, 1.165) is 31.0 Å². The summed E-state index contributed by atoms with van der Waals surface area (Å²) in [5.74, 6) is 0. The van der Waals surface area contributed by atoms with E-state index in [1.54, 1.807) is 11.3 Å². The summed E-state index contributed by atoms with van der Waals surface area (Å²) in [5.41, 5.74) is 6.59. The van der Waals surface area contributed by atoms with Crippen molar-refractivity contribution < 1.29 is 0 Å². The normalized spacial score (nSPS) is 11.0. The number of hydrogen-bond acceptors (Lipinski definition) is 4. The third-order valence-electron chi connectivity index (χ3n) is 2.88. The zero-order valence-electron chi connectivity index (χ0n) is 10.5. The zero-order chi connectivity index (χ0) is 12.3. The Morgan fingerprint density at radius 1 is 1.41 bits per heavy atom. The summed E-state index contributed by atoms with van der Waals surface area (Å²) in [6, 6.07) is 0. The van der Waals surface area contributed by atoms with Gasteiger partial charge in [0.2, 0.25) is 0 Å². The van der Waals surface area contributed by atoms with Crippen LogP contribution in [0.15, 0.2) is 10.9 Å². The van der Waals surface area contributed by atoms with Crippen molar-refractivity contribution >= 4 is 11.3 Å². The van der Waals surface area contributed by atoms with Gasteiger partial charge in [-0.1, -0.05) is 6.92 Å². The molecule has 0 aromatic carbocycles. The van der Waals surface area contributed by atoms with Gasteiger partial charge in [-0.2, -0.15) is 5.10 Å². The van der Waals surface area contributed by atoms with Gasteiger partial charge in [0.1, 0.15) is 0 Å². The standard InChI is InChI=1S/C12H18N4S/c1-4-13-5-12-9(2)15-16(10(12)3)6-11-7-17-8-14-11/h7-8,13H,4-6H2,1-3H3. The third-order valence-corrected chi connectivity index (χ3v) is 3.51. The highest BCUT2D eigenvalue weighted by Crippen LogP contribution is 2.14. The molecule has 2 rings (SSSR count). The maximum atomic E-state index is 4.58. The summed E-state index contributed by atoms with van der Waals surface area (Å²) < 4.78 is 2.04. The molecule has 0 saturated carbocycles. The quantitative estimate of drug-likeness (QED) is 0.884. The van der Waals surface area contributed by atoms with E-state index in [0.29, 0.717) is 0 Å². The van der Waals surface area contributed by atoms with E-state index in [1.807, 2.05) is 10.2 Å². The van der Waals surface area contributed by atoms with Crippen molar-refractivity contribution in [3.63, 3.8) is 0 Å². The highest BCUT2D eigenvalue weighted by molar-refractivity contribution is 7.07. The molecule has 0 aliphatic heterocycles. The molecule has 0 unspecified atom stereocenters. The van der Waals surface area contributed by atoms with E-state index in [2.05, 4.69) is 41.6 Å². The van der Waals surface area contributed by atoms with Crippen LogP contribution in [0, 0.1) is 13.8 Å². The van der Waals surface area contributed by atoms with Crippen LogP contribution in [-0.2, 0) is 13.1 Å². The van der Waals surface area contributed by atoms with Crippen molar-refractivity contribution in [2.24, 2.45) is 0 Å². The van der Waals surface area contributed by atoms with E-state index >= 15 is 0 Å². The van der Waals surface area contributed by atoms with Crippen LogP contribution < -0.4 is 5.32 Å². The van der Waals surface area contributed by atoms with Gasteiger partial charge in [-0.05, 0) is 20.4 Å². The zero-order valence-corrected chi connectivity index (χ0v) is 11.3. The van der Waals surface area contributed by atoms with Crippen molar-refractivity contribution in [3.05, 3.63) is 33.5 Å². The lowest BCUT2D eigenvalue weighted by atomic mass is 10.2. The molecule has 17 heavy (non-hydrogen) atoms. The second kappa shape index (κ2) is 5.42. The first-order chi connectivity index (χ1) is 8.22. The van der Waals surface area contributed by atoms with Crippen molar-refractivity contribution in [1.82, 2.24) is 20.1 Å². The fourth-order valence-electron chi connectivity index (χ4n) is 1.86. The minimum Gasteiger partial charge on any atom is -0.313 e. The van der Waals surface area contributed by atoms with Crippen LogP contribution >= 0.6 is 11.3 Å². The predicted octanol–water partition coefficient (Wildman–Crippen LogP) is 2.11. The minimum atomic E-state index is 0.766. The maximum Gasteiger partial charge on any atom is 0.0843 e. The first-order valence-electron chi connectivity index (χ1n) is 5.83. The summed E-state index contributed by atoms with van der Waals surface area (Å²) >= 11 is 1.63. The number of nitrogens with zero attached hydrogens (tertiary/aromatic N) is 3. The molecule has 92 valence electrons. The van der Waals surface area contributed by atoms with Crippen LogP contribution in [-0.4, -0.2) is 21.3 Å². The lowest BCUT2D eigenvalue weighted by molar-refractivity contribution is 0.646. The summed E-state index contributed by atoms with van der Waals surface area (Å²) in [4.78, 5) is 4.30. The van der Waals surface area contributed by atoms with Gasteiger partial charge in [0, 0.05) is 23.2 Å². The van der Waals surface area contributed by atoms with Gasteiger partial charge in [-0.25, -0.2) is 4.98 Å². The van der Waals surface area contributed by atoms with Crippen molar-refractivity contribution in [2.45, 2.75) is 33.9 Å². The number of nitrogens with one attached hydrogen (secondary N) is 1. The highest BCUT2D eigenvalue weighted by Gasteiger charge is 2.11. The number of hydrogen-bond donors (Lipinski definition) is 1. The lowest BCUT2D eigenvalue weighted by Gasteiger charge is -2.04. The number of rotatable bonds is 5. The lowest BCUT2D eigenvalue weighted by Crippen LogP contribution is -2.13. The van der Waals surface area contributed by atoms with E-state index in [-0.39, 0.29) is 0 Å². The summed E-state index contributed by atoms with van der Waals surface area (Å²) in [6.45, 7) is 8.95. The van der Waals surface area contributed by atoms with Crippen molar-refractivity contribution in [1.29, 1.82) is 0 Å². The fraction of sp³-hybridized carbons (Fsp3) is 0.500. The molecule has 0 bridgehead atoms. The fourth-order valence-corrected chi connectivity index (χ4v) is 2.41. The molecule has 0 saturated heterocycles. The number of thiazole rings is 1. The predicted molar refractivity (Wildman–Crippen MR) is 70.3 cm³/mol. The van der Waals surface area contributed by atoms with E-state index in [9.17, 15) is 0 Å². The van der Waals surface area contributed by atoms with Gasteiger partial charge in [-0.3, -0.25) is 4.68 Å². The van der Waals surface area contributed by atoms with Gasteiger partial charge in [0.15, 0.2) is 0 Å². The minimum absolute atomic E-state index is 0.766. The molecule has 2 aromatic rings. The number of aromatic nitrogens is 3. The molecule has 2 aromatic heterocycles. The smallest absolute Gasteiger partial charge is 0.0843 e. The van der Waals surface area contributed by atoms with Gasteiger partial charge in [0.25, 0.3) is 0 Å². The Balaban J connectivity index is 2.18. The van der Waals surface area contributed by atoms with Crippen LogP contribution in [0.1, 0.15) is 29.6 Å².